The number of amides is 1. The largest absolute Gasteiger partial charge is 0.430 e. The molecule has 138 valence electrons. The summed E-state index contributed by atoms with van der Waals surface area (Å²) >= 11 is 0. The van der Waals surface area contributed by atoms with Crippen molar-refractivity contribution in [2.24, 2.45) is 0 Å². The number of nitrogens with zero attached hydrogens (tertiary/aromatic N) is 3. The summed E-state index contributed by atoms with van der Waals surface area (Å²) in [7, 11) is 0. The lowest BCUT2D eigenvalue weighted by atomic mass is 10.1. The van der Waals surface area contributed by atoms with Crippen molar-refractivity contribution in [2.45, 2.75) is 46.8 Å². The third kappa shape index (κ3) is 3.22. The number of ether oxygens (including phenoxy) is 1. The molecular weight excluding hydrogens is 338 g/mol. The molecule has 1 amide bonds. The summed E-state index contributed by atoms with van der Waals surface area (Å²) in [6, 6.07) is 6.69. The smallest absolute Gasteiger partial charge is 0.305 e. The van der Waals surface area contributed by atoms with Crippen molar-refractivity contribution in [3.05, 3.63) is 40.4 Å². The van der Waals surface area contributed by atoms with Crippen molar-refractivity contribution in [3.8, 4) is 0 Å². The van der Waals surface area contributed by atoms with E-state index in [4.69, 9.17) is 4.74 Å². The van der Waals surface area contributed by atoms with Crippen molar-refractivity contribution >= 4 is 28.6 Å². The third-order valence-electron chi connectivity index (χ3n) is 4.04. The van der Waals surface area contributed by atoms with Crippen LogP contribution >= 0.6 is 0 Å². The standard InChI is InChI=1S/C18H21N3O5/c1-6-16-19-15-10-8-7-9-14(15)17(25)20(16)21(12(3)23)18(5,11(2)22)26-13(4)24/h7-10H,6H2,1-5H3. The lowest BCUT2D eigenvalue weighted by Gasteiger charge is -2.38. The molecule has 1 heterocycles. The number of rotatable bonds is 5. The summed E-state index contributed by atoms with van der Waals surface area (Å²) in [6.07, 6.45) is 0.317. The van der Waals surface area contributed by atoms with Crippen molar-refractivity contribution in [1.29, 1.82) is 0 Å². The lowest BCUT2D eigenvalue weighted by molar-refractivity contribution is -0.166. The molecule has 26 heavy (non-hydrogen) atoms. The maximum atomic E-state index is 13.1. The highest BCUT2D eigenvalue weighted by atomic mass is 16.6. The number of carbonyl (C=O) groups is 3. The molecule has 0 fully saturated rings. The zero-order valence-electron chi connectivity index (χ0n) is 15.4. The van der Waals surface area contributed by atoms with Gasteiger partial charge in [-0.2, -0.15) is 9.69 Å². The Labute approximate surface area is 150 Å². The second kappa shape index (κ2) is 7.07. The molecule has 0 saturated carbocycles. The Hall–Kier alpha value is -3.03. The second-order valence-corrected chi connectivity index (χ2v) is 5.98. The summed E-state index contributed by atoms with van der Waals surface area (Å²) in [6.45, 7) is 6.54. The fourth-order valence-electron chi connectivity index (χ4n) is 2.78. The van der Waals surface area contributed by atoms with Crippen LogP contribution in [0.5, 0.6) is 0 Å². The number of hydrogen-bond acceptors (Lipinski definition) is 6. The molecule has 8 heteroatoms. The Morgan fingerprint density at radius 2 is 1.81 bits per heavy atom. The van der Waals surface area contributed by atoms with Gasteiger partial charge in [-0.1, -0.05) is 19.1 Å². The third-order valence-corrected chi connectivity index (χ3v) is 4.04. The van der Waals surface area contributed by atoms with Gasteiger partial charge in [-0.15, -0.1) is 0 Å². The van der Waals surface area contributed by atoms with Crippen LogP contribution in [0.2, 0.25) is 0 Å². The number of aromatic nitrogens is 2. The van der Waals surface area contributed by atoms with E-state index in [0.29, 0.717) is 11.9 Å². The molecule has 2 rings (SSSR count). The second-order valence-electron chi connectivity index (χ2n) is 5.98. The van der Waals surface area contributed by atoms with Gasteiger partial charge in [0.15, 0.2) is 5.78 Å². The number of esters is 1. The van der Waals surface area contributed by atoms with E-state index in [1.807, 2.05) is 0 Å². The minimum atomic E-state index is -1.98. The minimum absolute atomic E-state index is 0.267. The molecular formula is C18H21N3O5. The van der Waals surface area contributed by atoms with Crippen molar-refractivity contribution in [1.82, 2.24) is 9.66 Å². The summed E-state index contributed by atoms with van der Waals surface area (Å²) in [5.41, 5.74) is -2.02. The van der Waals surface area contributed by atoms with Gasteiger partial charge in [0.2, 0.25) is 5.91 Å². The highest BCUT2D eigenvalue weighted by Gasteiger charge is 2.44. The highest BCUT2D eigenvalue weighted by molar-refractivity contribution is 5.97. The Morgan fingerprint density at radius 3 is 2.31 bits per heavy atom. The normalized spacial score (nSPS) is 13.1. The van der Waals surface area contributed by atoms with Crippen LogP contribution in [-0.4, -0.2) is 33.0 Å². The lowest BCUT2D eigenvalue weighted by Crippen LogP contribution is -2.64. The van der Waals surface area contributed by atoms with Crippen LogP contribution in [0.15, 0.2) is 29.1 Å². The first kappa shape index (κ1) is 19.3. The molecule has 0 saturated heterocycles. The first-order valence-corrected chi connectivity index (χ1v) is 8.15. The Balaban J connectivity index is 2.89. The van der Waals surface area contributed by atoms with Gasteiger partial charge in [-0.25, -0.2) is 4.98 Å². The van der Waals surface area contributed by atoms with Crippen LogP contribution in [-0.2, 0) is 25.5 Å². The Bertz CT molecular complexity index is 949. The van der Waals surface area contributed by atoms with E-state index in [-0.39, 0.29) is 11.2 Å². The Morgan fingerprint density at radius 1 is 1.19 bits per heavy atom. The van der Waals surface area contributed by atoms with Crippen LogP contribution < -0.4 is 10.6 Å². The zero-order chi connectivity index (χ0) is 19.6. The quantitative estimate of drug-likeness (QED) is 0.590. The number of Topliss-reactive ketones (excluding diaryl/α,β-unsaturated/α-hetero) is 1. The number of benzene rings is 1. The van der Waals surface area contributed by atoms with E-state index in [9.17, 15) is 19.2 Å². The predicted octanol–water partition coefficient (Wildman–Crippen LogP) is 1.31. The maximum Gasteiger partial charge on any atom is 0.305 e. The number of ketones is 1. The van der Waals surface area contributed by atoms with Crippen molar-refractivity contribution < 1.29 is 19.1 Å². The number of fused-ring (bicyclic) bond motifs is 1. The van der Waals surface area contributed by atoms with Gasteiger partial charge in [0.05, 0.1) is 10.9 Å². The fraction of sp³-hybridized carbons (Fsp3) is 0.389. The molecule has 0 aliphatic carbocycles. The maximum absolute atomic E-state index is 13.1. The summed E-state index contributed by atoms with van der Waals surface area (Å²) in [5.74, 6) is -1.74. The number of para-hydroxylation sites is 1. The van der Waals surface area contributed by atoms with E-state index < -0.39 is 28.9 Å². The highest BCUT2D eigenvalue weighted by Crippen LogP contribution is 2.20. The zero-order valence-corrected chi connectivity index (χ0v) is 15.4. The minimum Gasteiger partial charge on any atom is -0.430 e. The molecule has 0 aliphatic rings. The molecule has 8 nitrogen and oxygen atoms in total. The van der Waals surface area contributed by atoms with Crippen LogP contribution in [0.25, 0.3) is 10.9 Å². The topological polar surface area (TPSA) is 98.6 Å². The van der Waals surface area contributed by atoms with Gasteiger partial charge in [-0.3, -0.25) is 19.2 Å². The van der Waals surface area contributed by atoms with E-state index >= 15 is 0 Å². The number of hydrogen-bond donors (Lipinski definition) is 0. The van der Waals surface area contributed by atoms with Gasteiger partial charge in [-0.05, 0) is 12.1 Å². The average Bonchev–Trinajstić information content (AvgIpc) is 2.55. The fourth-order valence-corrected chi connectivity index (χ4v) is 2.78. The molecule has 0 spiro atoms. The predicted molar refractivity (Wildman–Crippen MR) is 95.1 cm³/mol. The van der Waals surface area contributed by atoms with E-state index in [1.165, 1.54) is 20.8 Å². The van der Waals surface area contributed by atoms with Crippen LogP contribution in [0.3, 0.4) is 0 Å². The molecule has 0 aliphatic heterocycles. The molecule has 1 atom stereocenters. The van der Waals surface area contributed by atoms with Crippen LogP contribution in [0, 0.1) is 0 Å². The monoisotopic (exact) mass is 359 g/mol. The number of carbonyl (C=O) groups excluding carboxylic acids is 3. The van der Waals surface area contributed by atoms with Gasteiger partial charge >= 0.3 is 5.97 Å². The van der Waals surface area contributed by atoms with Crippen LogP contribution in [0.4, 0.5) is 0 Å². The summed E-state index contributed by atoms with van der Waals surface area (Å²) in [4.78, 5) is 53.8. The summed E-state index contributed by atoms with van der Waals surface area (Å²) < 4.78 is 6.20. The average molecular weight is 359 g/mol. The molecule has 0 radical (unpaired) electrons. The van der Waals surface area contributed by atoms with Gasteiger partial charge in [0.25, 0.3) is 11.3 Å². The van der Waals surface area contributed by atoms with Gasteiger partial charge in [0.1, 0.15) is 5.82 Å². The van der Waals surface area contributed by atoms with Crippen LogP contribution in [0.1, 0.15) is 40.4 Å². The molecule has 0 N–H and O–H groups in total. The van der Waals surface area contributed by atoms with E-state index in [0.717, 1.165) is 16.6 Å². The summed E-state index contributed by atoms with van der Waals surface area (Å²) in [5, 5.41) is 1.14. The molecule has 2 aromatic rings. The van der Waals surface area contributed by atoms with E-state index in [2.05, 4.69) is 4.98 Å². The molecule has 1 unspecified atom stereocenters. The van der Waals surface area contributed by atoms with Crippen molar-refractivity contribution in [2.75, 3.05) is 5.01 Å². The molecule has 0 bridgehead atoms. The van der Waals surface area contributed by atoms with E-state index in [1.54, 1.807) is 31.2 Å². The Kier molecular flexibility index (Phi) is 5.25. The SMILES string of the molecule is CCc1nc2ccccc2c(=O)n1N(C(C)=O)C(C)(OC(C)=O)C(C)=O. The van der Waals surface area contributed by atoms with Gasteiger partial charge < -0.3 is 4.74 Å². The number of aryl methyl sites for hydroxylation is 1. The molecule has 1 aromatic carbocycles. The first-order chi connectivity index (χ1) is 12.1. The van der Waals surface area contributed by atoms with Gasteiger partial charge in [0, 0.05) is 34.1 Å². The first-order valence-electron chi connectivity index (χ1n) is 8.15. The molecule has 1 aromatic heterocycles. The van der Waals surface area contributed by atoms with Crippen molar-refractivity contribution in [3.63, 3.8) is 0 Å².